The number of benzene rings is 3. The SMILES string of the molecule is O=C1C(=Cc2ccc(N3c4ccccc4[SiH2]c4ccccc43)s2)C(=O)c2ccccc21. The second-order valence-electron chi connectivity index (χ2n) is 7.71. The summed E-state index contributed by atoms with van der Waals surface area (Å²) in [7, 11) is -0.524. The van der Waals surface area contributed by atoms with Gasteiger partial charge in [0.25, 0.3) is 0 Å². The highest BCUT2D eigenvalue weighted by Gasteiger charge is 2.33. The molecule has 1 aliphatic heterocycles. The fourth-order valence-electron chi connectivity index (χ4n) is 4.42. The summed E-state index contributed by atoms with van der Waals surface area (Å²) in [6, 6.07) is 28.3. The van der Waals surface area contributed by atoms with Crippen LogP contribution >= 0.6 is 11.3 Å². The van der Waals surface area contributed by atoms with Crippen LogP contribution < -0.4 is 15.3 Å². The largest absolute Gasteiger partial charge is 0.302 e. The lowest BCUT2D eigenvalue weighted by molar-refractivity contribution is 0.0990. The second kappa shape index (κ2) is 7.01. The Balaban J connectivity index is 1.43. The molecule has 2 heterocycles. The van der Waals surface area contributed by atoms with E-state index < -0.39 is 9.52 Å². The van der Waals surface area contributed by atoms with Gasteiger partial charge in [0.2, 0.25) is 0 Å². The quantitative estimate of drug-likeness (QED) is 0.238. The Kier molecular flexibility index (Phi) is 4.13. The van der Waals surface area contributed by atoms with Crippen molar-refractivity contribution in [3.8, 4) is 0 Å². The number of anilines is 3. The summed E-state index contributed by atoms with van der Waals surface area (Å²) in [6.07, 6.45) is 1.75. The fraction of sp³-hybridized carbons (Fsp3) is 0. The van der Waals surface area contributed by atoms with Crippen LogP contribution in [0.3, 0.4) is 0 Å². The number of para-hydroxylation sites is 2. The molecular weight excluding hydrogens is 418 g/mol. The first kappa shape index (κ1) is 18.2. The minimum atomic E-state index is -0.524. The van der Waals surface area contributed by atoms with E-state index in [2.05, 4.69) is 59.5 Å². The Bertz CT molecular complexity index is 1340. The number of Topliss-reactive ketones (excluding diaryl/α,β-unsaturated/α-hetero) is 2. The predicted octanol–water partition coefficient (Wildman–Crippen LogP) is 4.11. The van der Waals surface area contributed by atoms with Gasteiger partial charge in [0.05, 0.1) is 15.1 Å². The highest BCUT2D eigenvalue weighted by molar-refractivity contribution is 7.17. The second-order valence-corrected chi connectivity index (χ2v) is 10.7. The van der Waals surface area contributed by atoms with Gasteiger partial charge < -0.3 is 4.90 Å². The summed E-state index contributed by atoms with van der Waals surface area (Å²) < 4.78 is 0. The minimum absolute atomic E-state index is 0.185. The lowest BCUT2D eigenvalue weighted by Crippen LogP contribution is -2.39. The van der Waals surface area contributed by atoms with Crippen LogP contribution in [0.25, 0.3) is 6.08 Å². The Hall–Kier alpha value is -3.54. The maximum absolute atomic E-state index is 12.8. The highest BCUT2D eigenvalue weighted by Crippen LogP contribution is 2.39. The monoisotopic (exact) mass is 435 g/mol. The fourth-order valence-corrected chi connectivity index (χ4v) is 7.23. The van der Waals surface area contributed by atoms with Crippen molar-refractivity contribution in [3.05, 3.63) is 107 Å². The normalized spacial score (nSPS) is 14.3. The van der Waals surface area contributed by atoms with Crippen LogP contribution in [0.15, 0.2) is 90.5 Å². The lowest BCUT2D eigenvalue weighted by atomic mass is 10.1. The van der Waals surface area contributed by atoms with Gasteiger partial charge in [-0.05, 0) is 40.7 Å². The lowest BCUT2D eigenvalue weighted by Gasteiger charge is -2.32. The van der Waals surface area contributed by atoms with Crippen molar-refractivity contribution in [3.63, 3.8) is 0 Å². The zero-order chi connectivity index (χ0) is 20.9. The molecule has 0 saturated carbocycles. The number of ketones is 2. The zero-order valence-corrected chi connectivity index (χ0v) is 18.8. The Labute approximate surface area is 186 Å². The van der Waals surface area contributed by atoms with Crippen LogP contribution in [0.5, 0.6) is 0 Å². The van der Waals surface area contributed by atoms with Crippen LogP contribution in [-0.4, -0.2) is 21.1 Å². The van der Waals surface area contributed by atoms with Crippen LogP contribution in [0.2, 0.25) is 0 Å². The number of carbonyl (C=O) groups is 2. The molecule has 1 aliphatic carbocycles. The van der Waals surface area contributed by atoms with Crippen molar-refractivity contribution in [2.75, 3.05) is 4.90 Å². The number of nitrogens with zero attached hydrogens (tertiary/aromatic N) is 1. The molecular formula is C26H17NO2SSi. The molecule has 4 aromatic rings. The van der Waals surface area contributed by atoms with Gasteiger partial charge in [-0.15, -0.1) is 11.3 Å². The van der Waals surface area contributed by atoms with E-state index >= 15 is 0 Å². The molecule has 0 bridgehead atoms. The van der Waals surface area contributed by atoms with E-state index in [0.29, 0.717) is 11.1 Å². The van der Waals surface area contributed by atoms with E-state index in [9.17, 15) is 9.59 Å². The zero-order valence-electron chi connectivity index (χ0n) is 16.5. The average molecular weight is 436 g/mol. The van der Waals surface area contributed by atoms with E-state index in [-0.39, 0.29) is 17.1 Å². The van der Waals surface area contributed by atoms with Crippen LogP contribution in [0.4, 0.5) is 16.4 Å². The number of thiophene rings is 1. The first-order valence-electron chi connectivity index (χ1n) is 10.2. The van der Waals surface area contributed by atoms with Crippen molar-refractivity contribution in [2.24, 2.45) is 0 Å². The summed E-state index contributed by atoms with van der Waals surface area (Å²) in [5, 5.41) is 3.92. The van der Waals surface area contributed by atoms with Gasteiger partial charge in [-0.1, -0.05) is 60.7 Å². The average Bonchev–Trinajstić information content (AvgIpc) is 3.36. The van der Waals surface area contributed by atoms with E-state index in [1.54, 1.807) is 41.7 Å². The number of allylic oxidation sites excluding steroid dienone is 1. The Morgan fingerprint density at radius 2 is 1.23 bits per heavy atom. The summed E-state index contributed by atoms with van der Waals surface area (Å²) in [5.74, 6) is -0.370. The third-order valence-electron chi connectivity index (χ3n) is 5.87. The standard InChI is InChI=1S/C26H17NO2SSi/c28-25-17-7-1-2-8-18(17)26(29)19(25)15-16-13-14-24(30-16)27-20-9-3-5-11-22(20)31-23-12-6-4-10-21(23)27/h1-15H,31H2. The molecule has 0 atom stereocenters. The van der Waals surface area contributed by atoms with Crippen molar-refractivity contribution in [1.82, 2.24) is 0 Å². The Morgan fingerprint density at radius 1 is 0.677 bits per heavy atom. The van der Waals surface area contributed by atoms with E-state index in [0.717, 1.165) is 9.88 Å². The summed E-state index contributed by atoms with van der Waals surface area (Å²) in [4.78, 5) is 28.7. The molecule has 0 saturated heterocycles. The molecule has 0 unspecified atom stereocenters. The van der Waals surface area contributed by atoms with Crippen LogP contribution in [0.1, 0.15) is 25.6 Å². The molecule has 0 amide bonds. The smallest absolute Gasteiger partial charge is 0.197 e. The third kappa shape index (κ3) is 2.85. The molecule has 3 nitrogen and oxygen atoms in total. The van der Waals surface area contributed by atoms with Gasteiger partial charge in [-0.25, -0.2) is 0 Å². The molecule has 6 rings (SSSR count). The molecule has 1 aromatic heterocycles. The van der Waals surface area contributed by atoms with Crippen molar-refractivity contribution < 1.29 is 9.59 Å². The maximum Gasteiger partial charge on any atom is 0.197 e. The van der Waals surface area contributed by atoms with Gasteiger partial charge >= 0.3 is 0 Å². The molecule has 0 N–H and O–H groups in total. The number of fused-ring (bicyclic) bond motifs is 3. The number of hydrogen-bond donors (Lipinski definition) is 0. The maximum atomic E-state index is 12.8. The van der Waals surface area contributed by atoms with Crippen molar-refractivity contribution in [2.45, 2.75) is 0 Å². The molecule has 0 spiro atoms. The van der Waals surface area contributed by atoms with Gasteiger partial charge in [0.1, 0.15) is 5.00 Å². The molecule has 148 valence electrons. The van der Waals surface area contributed by atoms with Gasteiger partial charge in [0, 0.05) is 27.4 Å². The summed E-state index contributed by atoms with van der Waals surface area (Å²) >= 11 is 1.60. The van der Waals surface area contributed by atoms with Crippen LogP contribution in [0, 0.1) is 0 Å². The summed E-state index contributed by atoms with van der Waals surface area (Å²) in [6.45, 7) is 0. The van der Waals surface area contributed by atoms with E-state index in [4.69, 9.17) is 0 Å². The molecule has 0 radical (unpaired) electrons. The van der Waals surface area contributed by atoms with E-state index in [1.807, 2.05) is 6.07 Å². The van der Waals surface area contributed by atoms with Gasteiger partial charge in [-0.3, -0.25) is 9.59 Å². The van der Waals surface area contributed by atoms with E-state index in [1.165, 1.54) is 21.7 Å². The number of rotatable bonds is 2. The van der Waals surface area contributed by atoms with Crippen molar-refractivity contribution in [1.29, 1.82) is 0 Å². The third-order valence-corrected chi connectivity index (χ3v) is 8.85. The first-order chi connectivity index (χ1) is 15.2. The molecule has 2 aliphatic rings. The molecule has 31 heavy (non-hydrogen) atoms. The summed E-state index contributed by atoms with van der Waals surface area (Å²) in [5.41, 5.74) is 3.71. The predicted molar refractivity (Wildman–Crippen MR) is 130 cm³/mol. The first-order valence-corrected chi connectivity index (χ1v) is 12.4. The molecule has 3 aromatic carbocycles. The minimum Gasteiger partial charge on any atom is -0.302 e. The molecule has 0 fully saturated rings. The van der Waals surface area contributed by atoms with Crippen molar-refractivity contribution >= 4 is 65.2 Å². The van der Waals surface area contributed by atoms with Crippen LogP contribution in [-0.2, 0) is 0 Å². The topological polar surface area (TPSA) is 37.4 Å². The number of hydrogen-bond acceptors (Lipinski definition) is 4. The Morgan fingerprint density at radius 3 is 1.84 bits per heavy atom. The highest BCUT2D eigenvalue weighted by atomic mass is 32.1. The van der Waals surface area contributed by atoms with Gasteiger partial charge in [-0.2, -0.15) is 0 Å². The molecule has 5 heteroatoms. The number of carbonyl (C=O) groups excluding carboxylic acids is 2. The van der Waals surface area contributed by atoms with Gasteiger partial charge in [0.15, 0.2) is 11.6 Å².